The molecule has 0 aliphatic heterocycles. The molecule has 0 aliphatic rings. The molecule has 3 rings (SSSR count). The maximum atomic E-state index is 12.8. The number of hydrogen-bond acceptors (Lipinski definition) is 6. The zero-order chi connectivity index (χ0) is 19.7. The third-order valence-electron chi connectivity index (χ3n) is 4.37. The number of carbonyl (C=O) groups is 2. The molecular weight excluding hydrogens is 366 g/mol. The molecule has 140 valence electrons. The van der Waals surface area contributed by atoms with Gasteiger partial charge in [-0.3, -0.25) is 14.2 Å². The maximum absolute atomic E-state index is 12.8. The zero-order valence-corrected chi connectivity index (χ0v) is 16.3. The normalized spacial score (nSPS) is 10.8. The minimum Gasteiger partial charge on any atom is -0.465 e. The smallest absolute Gasteiger partial charge is 0.337 e. The van der Waals surface area contributed by atoms with E-state index < -0.39 is 5.97 Å². The SMILES string of the molecule is COC(=O)c1ccc(NC(=O)Cn2c(C)nc3sc(C)c(C)c3c2=O)cc1. The number of carbonyl (C=O) groups excluding carboxylic acids is 2. The average Bonchev–Trinajstić information content (AvgIpc) is 2.92. The fourth-order valence-corrected chi connectivity index (χ4v) is 3.83. The van der Waals surface area contributed by atoms with E-state index in [-0.39, 0.29) is 18.0 Å². The lowest BCUT2D eigenvalue weighted by Gasteiger charge is -2.10. The van der Waals surface area contributed by atoms with Crippen LogP contribution in [0.2, 0.25) is 0 Å². The van der Waals surface area contributed by atoms with Crippen LogP contribution in [0.25, 0.3) is 10.2 Å². The molecule has 0 aliphatic carbocycles. The molecule has 27 heavy (non-hydrogen) atoms. The number of ether oxygens (including phenoxy) is 1. The number of nitrogens with zero attached hydrogens (tertiary/aromatic N) is 2. The minimum atomic E-state index is -0.448. The number of thiophene rings is 1. The van der Waals surface area contributed by atoms with Gasteiger partial charge in [-0.1, -0.05) is 0 Å². The highest BCUT2D eigenvalue weighted by molar-refractivity contribution is 7.18. The summed E-state index contributed by atoms with van der Waals surface area (Å²) in [4.78, 5) is 42.9. The molecular formula is C19H19N3O4S. The van der Waals surface area contributed by atoms with Crippen LogP contribution in [-0.2, 0) is 16.1 Å². The summed E-state index contributed by atoms with van der Waals surface area (Å²) in [5, 5.41) is 3.29. The molecule has 0 saturated carbocycles. The number of fused-ring (bicyclic) bond motifs is 1. The summed E-state index contributed by atoms with van der Waals surface area (Å²) in [6, 6.07) is 6.33. The molecule has 1 aromatic carbocycles. The van der Waals surface area contributed by atoms with Crippen molar-refractivity contribution in [2.45, 2.75) is 27.3 Å². The molecule has 1 N–H and O–H groups in total. The van der Waals surface area contributed by atoms with Crippen molar-refractivity contribution in [3.63, 3.8) is 0 Å². The number of anilines is 1. The van der Waals surface area contributed by atoms with Crippen LogP contribution in [0, 0.1) is 20.8 Å². The standard InChI is InChI=1S/C19H19N3O4S/c1-10-11(2)27-17-16(10)18(24)22(12(3)20-17)9-15(23)21-14-7-5-13(6-8-14)19(25)26-4/h5-8H,9H2,1-4H3,(H,21,23). The second-order valence-electron chi connectivity index (χ2n) is 6.13. The Bertz CT molecular complexity index is 1100. The zero-order valence-electron chi connectivity index (χ0n) is 15.5. The Morgan fingerprint density at radius 2 is 1.85 bits per heavy atom. The first kappa shape index (κ1) is 18.8. The number of hydrogen-bond donors (Lipinski definition) is 1. The van der Waals surface area contributed by atoms with E-state index in [0.717, 1.165) is 10.4 Å². The number of aromatic nitrogens is 2. The van der Waals surface area contributed by atoms with E-state index in [1.165, 1.54) is 23.0 Å². The number of amides is 1. The van der Waals surface area contributed by atoms with E-state index in [9.17, 15) is 14.4 Å². The van der Waals surface area contributed by atoms with Gasteiger partial charge in [0.1, 0.15) is 17.2 Å². The summed E-state index contributed by atoms with van der Waals surface area (Å²) in [5.74, 6) is -0.308. The van der Waals surface area contributed by atoms with Gasteiger partial charge < -0.3 is 10.1 Å². The van der Waals surface area contributed by atoms with Gasteiger partial charge in [-0.2, -0.15) is 0 Å². The topological polar surface area (TPSA) is 90.3 Å². The Labute approximate surface area is 159 Å². The lowest BCUT2D eigenvalue weighted by Crippen LogP contribution is -2.30. The summed E-state index contributed by atoms with van der Waals surface area (Å²) >= 11 is 1.48. The fourth-order valence-electron chi connectivity index (χ4n) is 2.77. The van der Waals surface area contributed by atoms with Gasteiger partial charge in [-0.15, -0.1) is 11.3 Å². The molecule has 0 fully saturated rings. The minimum absolute atomic E-state index is 0.138. The molecule has 0 saturated heterocycles. The average molecular weight is 385 g/mol. The molecule has 0 spiro atoms. The molecule has 7 nitrogen and oxygen atoms in total. The van der Waals surface area contributed by atoms with E-state index in [0.29, 0.717) is 27.3 Å². The van der Waals surface area contributed by atoms with E-state index in [4.69, 9.17) is 0 Å². The van der Waals surface area contributed by atoms with Gasteiger partial charge in [0.25, 0.3) is 5.56 Å². The monoisotopic (exact) mass is 385 g/mol. The Hall–Kier alpha value is -3.00. The molecule has 0 radical (unpaired) electrons. The van der Waals surface area contributed by atoms with Crippen molar-refractivity contribution in [2.75, 3.05) is 12.4 Å². The Kier molecular flexibility index (Phi) is 5.09. The predicted octanol–water partition coefficient (Wildman–Crippen LogP) is 2.81. The molecule has 0 atom stereocenters. The van der Waals surface area contributed by atoms with E-state index in [2.05, 4.69) is 15.0 Å². The quantitative estimate of drug-likeness (QED) is 0.698. The summed E-state index contributed by atoms with van der Waals surface area (Å²) in [7, 11) is 1.31. The molecule has 0 unspecified atom stereocenters. The van der Waals surface area contributed by atoms with Crippen LogP contribution >= 0.6 is 11.3 Å². The number of methoxy groups -OCH3 is 1. The first-order valence-electron chi connectivity index (χ1n) is 8.27. The van der Waals surface area contributed by atoms with Crippen molar-refractivity contribution >= 4 is 39.1 Å². The Balaban J connectivity index is 1.83. The molecule has 8 heteroatoms. The maximum Gasteiger partial charge on any atom is 0.337 e. The summed E-state index contributed by atoms with van der Waals surface area (Å²) in [5.41, 5.74) is 1.60. The van der Waals surface area contributed by atoms with Gasteiger partial charge in [0, 0.05) is 10.6 Å². The van der Waals surface area contributed by atoms with Crippen LogP contribution in [0.3, 0.4) is 0 Å². The lowest BCUT2D eigenvalue weighted by atomic mass is 10.2. The van der Waals surface area contributed by atoms with Crippen molar-refractivity contribution in [3.8, 4) is 0 Å². The van der Waals surface area contributed by atoms with Crippen molar-refractivity contribution in [3.05, 3.63) is 56.4 Å². The number of aryl methyl sites for hydroxylation is 3. The number of nitrogens with one attached hydrogen (secondary N) is 1. The van der Waals surface area contributed by atoms with Crippen LogP contribution in [0.15, 0.2) is 29.1 Å². The fraction of sp³-hybridized carbons (Fsp3) is 0.263. The van der Waals surface area contributed by atoms with Crippen LogP contribution in [0.1, 0.15) is 26.6 Å². The Morgan fingerprint density at radius 1 is 1.19 bits per heavy atom. The highest BCUT2D eigenvalue weighted by Crippen LogP contribution is 2.26. The summed E-state index contributed by atoms with van der Waals surface area (Å²) in [6.45, 7) is 5.41. The third-order valence-corrected chi connectivity index (χ3v) is 5.47. The van der Waals surface area contributed by atoms with Gasteiger partial charge in [0.15, 0.2) is 0 Å². The van der Waals surface area contributed by atoms with Crippen LogP contribution < -0.4 is 10.9 Å². The molecule has 3 aromatic rings. The highest BCUT2D eigenvalue weighted by atomic mass is 32.1. The third kappa shape index (κ3) is 3.61. The highest BCUT2D eigenvalue weighted by Gasteiger charge is 2.16. The number of benzene rings is 1. The van der Waals surface area contributed by atoms with E-state index >= 15 is 0 Å². The lowest BCUT2D eigenvalue weighted by molar-refractivity contribution is -0.116. The van der Waals surface area contributed by atoms with Crippen LogP contribution in [-0.4, -0.2) is 28.5 Å². The van der Waals surface area contributed by atoms with Crippen LogP contribution in [0.5, 0.6) is 0 Å². The van der Waals surface area contributed by atoms with Gasteiger partial charge in [-0.05, 0) is 50.6 Å². The molecule has 1 amide bonds. The van der Waals surface area contributed by atoms with Gasteiger partial charge in [0.2, 0.25) is 5.91 Å². The van der Waals surface area contributed by atoms with Crippen molar-refractivity contribution in [1.82, 2.24) is 9.55 Å². The van der Waals surface area contributed by atoms with Crippen molar-refractivity contribution in [2.24, 2.45) is 0 Å². The number of esters is 1. The van der Waals surface area contributed by atoms with E-state index in [1.807, 2.05) is 13.8 Å². The van der Waals surface area contributed by atoms with E-state index in [1.54, 1.807) is 31.2 Å². The van der Waals surface area contributed by atoms with Gasteiger partial charge in [-0.25, -0.2) is 9.78 Å². The first-order valence-corrected chi connectivity index (χ1v) is 9.09. The first-order chi connectivity index (χ1) is 12.8. The van der Waals surface area contributed by atoms with Crippen molar-refractivity contribution in [1.29, 1.82) is 0 Å². The molecule has 2 heterocycles. The van der Waals surface area contributed by atoms with Gasteiger partial charge in [0.05, 0.1) is 18.1 Å². The largest absolute Gasteiger partial charge is 0.465 e. The second kappa shape index (κ2) is 7.32. The van der Waals surface area contributed by atoms with Gasteiger partial charge >= 0.3 is 5.97 Å². The molecule has 0 bridgehead atoms. The summed E-state index contributed by atoms with van der Waals surface area (Å²) in [6.07, 6.45) is 0. The number of rotatable bonds is 4. The molecule has 2 aromatic heterocycles. The summed E-state index contributed by atoms with van der Waals surface area (Å²) < 4.78 is 6.01. The Morgan fingerprint density at radius 3 is 2.48 bits per heavy atom. The van der Waals surface area contributed by atoms with Crippen LogP contribution in [0.4, 0.5) is 5.69 Å². The van der Waals surface area contributed by atoms with Crippen molar-refractivity contribution < 1.29 is 14.3 Å². The second-order valence-corrected chi connectivity index (χ2v) is 7.33. The predicted molar refractivity (Wildman–Crippen MR) is 105 cm³/mol.